The highest BCUT2D eigenvalue weighted by molar-refractivity contribution is 14.1. The minimum absolute atomic E-state index is 0.127. The quantitative estimate of drug-likeness (QED) is 0.830. The standard InChI is InChI=1S/C12H16IN3O2/c1-8(12(18)15-10-4-2-3-5-10)16-11(17)6-9(13)7-14-16/h6-8,10H,2-5H2,1H3,(H,15,18). The monoisotopic (exact) mass is 361 g/mol. The van der Waals surface area contributed by atoms with Crippen molar-refractivity contribution in [3.63, 3.8) is 0 Å². The third kappa shape index (κ3) is 3.09. The Morgan fingerprint density at radius 1 is 1.56 bits per heavy atom. The normalized spacial score (nSPS) is 17.7. The lowest BCUT2D eigenvalue weighted by Gasteiger charge is -2.17. The third-order valence-corrected chi connectivity index (χ3v) is 3.83. The van der Waals surface area contributed by atoms with Crippen LogP contribution in [0.3, 0.4) is 0 Å². The summed E-state index contributed by atoms with van der Waals surface area (Å²) in [5.74, 6) is -0.127. The molecular formula is C12H16IN3O2. The summed E-state index contributed by atoms with van der Waals surface area (Å²) >= 11 is 2.03. The summed E-state index contributed by atoms with van der Waals surface area (Å²) in [6.45, 7) is 1.70. The largest absolute Gasteiger partial charge is 0.352 e. The molecule has 1 saturated carbocycles. The first kappa shape index (κ1) is 13.5. The summed E-state index contributed by atoms with van der Waals surface area (Å²) in [6, 6.07) is 1.18. The molecule has 0 saturated heterocycles. The van der Waals surface area contributed by atoms with Crippen LogP contribution in [0.2, 0.25) is 0 Å². The Morgan fingerprint density at radius 2 is 2.22 bits per heavy atom. The second kappa shape index (κ2) is 5.81. The van der Waals surface area contributed by atoms with Gasteiger partial charge in [0, 0.05) is 15.7 Å². The average molecular weight is 361 g/mol. The van der Waals surface area contributed by atoms with Crippen LogP contribution in [0.25, 0.3) is 0 Å². The molecule has 98 valence electrons. The van der Waals surface area contributed by atoms with Gasteiger partial charge in [0.2, 0.25) is 5.91 Å². The van der Waals surface area contributed by atoms with Crippen LogP contribution in [0.5, 0.6) is 0 Å². The summed E-state index contributed by atoms with van der Waals surface area (Å²) in [4.78, 5) is 23.8. The zero-order valence-corrected chi connectivity index (χ0v) is 12.4. The van der Waals surface area contributed by atoms with Crippen molar-refractivity contribution < 1.29 is 4.79 Å². The minimum atomic E-state index is -0.560. The van der Waals surface area contributed by atoms with Crippen molar-refractivity contribution in [2.75, 3.05) is 0 Å². The Labute approximate surface area is 119 Å². The van der Waals surface area contributed by atoms with Crippen molar-refractivity contribution in [3.05, 3.63) is 26.2 Å². The molecule has 0 aromatic carbocycles. The van der Waals surface area contributed by atoms with E-state index < -0.39 is 6.04 Å². The lowest BCUT2D eigenvalue weighted by Crippen LogP contribution is -2.40. The van der Waals surface area contributed by atoms with Crippen LogP contribution in [0.1, 0.15) is 38.6 Å². The van der Waals surface area contributed by atoms with Gasteiger partial charge >= 0.3 is 0 Å². The summed E-state index contributed by atoms with van der Waals surface area (Å²) in [7, 11) is 0. The van der Waals surface area contributed by atoms with Crippen LogP contribution in [-0.2, 0) is 4.79 Å². The molecule has 1 aliphatic rings. The SMILES string of the molecule is CC(C(=O)NC1CCCC1)n1ncc(I)cc1=O. The highest BCUT2D eigenvalue weighted by atomic mass is 127. The third-order valence-electron chi connectivity index (χ3n) is 3.24. The zero-order chi connectivity index (χ0) is 13.1. The van der Waals surface area contributed by atoms with Gasteiger partial charge in [0.25, 0.3) is 5.56 Å². The Bertz CT molecular complexity index is 494. The second-order valence-corrected chi connectivity index (χ2v) is 5.87. The van der Waals surface area contributed by atoms with Crippen LogP contribution >= 0.6 is 22.6 Å². The van der Waals surface area contributed by atoms with Gasteiger partial charge in [0.05, 0.1) is 6.20 Å². The fourth-order valence-corrected chi connectivity index (χ4v) is 2.58. The van der Waals surface area contributed by atoms with Gasteiger partial charge in [0.15, 0.2) is 0 Å². The van der Waals surface area contributed by atoms with E-state index in [2.05, 4.69) is 10.4 Å². The predicted octanol–water partition coefficient (Wildman–Crippen LogP) is 1.47. The zero-order valence-electron chi connectivity index (χ0n) is 10.2. The summed E-state index contributed by atoms with van der Waals surface area (Å²) in [5.41, 5.74) is -0.240. The predicted molar refractivity (Wildman–Crippen MR) is 76.3 cm³/mol. The van der Waals surface area contributed by atoms with Crippen molar-refractivity contribution in [1.82, 2.24) is 15.1 Å². The van der Waals surface area contributed by atoms with E-state index in [1.165, 1.54) is 23.6 Å². The Kier molecular flexibility index (Phi) is 4.36. The van der Waals surface area contributed by atoms with E-state index in [0.29, 0.717) is 0 Å². The fourth-order valence-electron chi connectivity index (χ4n) is 2.19. The lowest BCUT2D eigenvalue weighted by molar-refractivity contribution is -0.124. The maximum atomic E-state index is 12.0. The van der Waals surface area contributed by atoms with Gasteiger partial charge < -0.3 is 5.32 Å². The molecule has 6 heteroatoms. The number of hydrogen-bond acceptors (Lipinski definition) is 3. The van der Waals surface area contributed by atoms with Crippen LogP contribution in [0.15, 0.2) is 17.1 Å². The Balaban J connectivity index is 2.07. The first-order valence-corrected chi connectivity index (χ1v) is 7.20. The van der Waals surface area contributed by atoms with E-state index in [-0.39, 0.29) is 17.5 Å². The first-order valence-electron chi connectivity index (χ1n) is 6.12. The molecule has 5 nitrogen and oxygen atoms in total. The molecule has 0 radical (unpaired) electrons. The van der Waals surface area contributed by atoms with Crippen molar-refractivity contribution in [1.29, 1.82) is 0 Å². The number of halogens is 1. The topological polar surface area (TPSA) is 64.0 Å². The Hall–Kier alpha value is -0.920. The van der Waals surface area contributed by atoms with Crippen LogP contribution in [0, 0.1) is 3.57 Å². The van der Waals surface area contributed by atoms with Crippen molar-refractivity contribution in [2.24, 2.45) is 0 Å². The van der Waals surface area contributed by atoms with E-state index in [4.69, 9.17) is 0 Å². The van der Waals surface area contributed by atoms with Gasteiger partial charge in [-0.25, -0.2) is 4.68 Å². The summed E-state index contributed by atoms with van der Waals surface area (Å²) in [6.07, 6.45) is 5.99. The smallest absolute Gasteiger partial charge is 0.268 e. The molecule has 1 aromatic heterocycles. The molecule has 1 heterocycles. The fraction of sp³-hybridized carbons (Fsp3) is 0.583. The maximum Gasteiger partial charge on any atom is 0.268 e. The number of nitrogens with zero attached hydrogens (tertiary/aromatic N) is 2. The molecule has 1 aliphatic carbocycles. The molecule has 1 fully saturated rings. The van der Waals surface area contributed by atoms with E-state index >= 15 is 0 Å². The molecule has 18 heavy (non-hydrogen) atoms. The molecule has 1 unspecified atom stereocenters. The van der Waals surface area contributed by atoms with Gasteiger partial charge in [-0.1, -0.05) is 12.8 Å². The molecule has 0 spiro atoms. The van der Waals surface area contributed by atoms with E-state index in [1.54, 1.807) is 13.1 Å². The van der Waals surface area contributed by atoms with E-state index in [1.807, 2.05) is 22.6 Å². The number of hydrogen-bond donors (Lipinski definition) is 1. The average Bonchev–Trinajstić information content (AvgIpc) is 2.81. The van der Waals surface area contributed by atoms with Gasteiger partial charge in [-0.2, -0.15) is 5.10 Å². The maximum absolute atomic E-state index is 12.0. The highest BCUT2D eigenvalue weighted by Gasteiger charge is 2.22. The highest BCUT2D eigenvalue weighted by Crippen LogP contribution is 2.18. The van der Waals surface area contributed by atoms with Crippen molar-refractivity contribution in [3.8, 4) is 0 Å². The number of aromatic nitrogens is 2. The molecule has 0 bridgehead atoms. The van der Waals surface area contributed by atoms with Gasteiger partial charge in [-0.05, 0) is 42.4 Å². The van der Waals surface area contributed by atoms with Crippen LogP contribution in [-0.4, -0.2) is 21.7 Å². The number of carbonyl (C=O) groups is 1. The molecule has 1 N–H and O–H groups in total. The van der Waals surface area contributed by atoms with Crippen molar-refractivity contribution >= 4 is 28.5 Å². The minimum Gasteiger partial charge on any atom is -0.352 e. The summed E-state index contributed by atoms with van der Waals surface area (Å²) in [5, 5.41) is 6.99. The van der Waals surface area contributed by atoms with Crippen molar-refractivity contribution in [2.45, 2.75) is 44.7 Å². The number of amides is 1. The number of nitrogens with one attached hydrogen (secondary N) is 1. The van der Waals surface area contributed by atoms with Crippen LogP contribution < -0.4 is 10.9 Å². The Morgan fingerprint density at radius 3 is 2.83 bits per heavy atom. The van der Waals surface area contributed by atoms with E-state index in [0.717, 1.165) is 16.4 Å². The van der Waals surface area contributed by atoms with Gasteiger partial charge in [-0.3, -0.25) is 9.59 Å². The van der Waals surface area contributed by atoms with Crippen LogP contribution in [0.4, 0.5) is 0 Å². The van der Waals surface area contributed by atoms with Gasteiger partial charge in [0.1, 0.15) is 6.04 Å². The summed E-state index contributed by atoms with van der Waals surface area (Å²) < 4.78 is 2.00. The second-order valence-electron chi connectivity index (χ2n) is 4.62. The molecule has 1 aromatic rings. The molecule has 1 atom stereocenters. The molecule has 0 aliphatic heterocycles. The lowest BCUT2D eigenvalue weighted by atomic mass is 10.2. The number of carbonyl (C=O) groups excluding carboxylic acids is 1. The first-order chi connectivity index (χ1) is 8.58. The van der Waals surface area contributed by atoms with E-state index in [9.17, 15) is 9.59 Å². The molecule has 1 amide bonds. The molecule has 2 rings (SSSR count). The van der Waals surface area contributed by atoms with Gasteiger partial charge in [-0.15, -0.1) is 0 Å². The number of rotatable bonds is 3. The molecular weight excluding hydrogens is 345 g/mol.